The van der Waals surface area contributed by atoms with Gasteiger partial charge in [0.25, 0.3) is 5.91 Å². The van der Waals surface area contributed by atoms with E-state index in [2.05, 4.69) is 29.2 Å². The van der Waals surface area contributed by atoms with Gasteiger partial charge in [-0.2, -0.15) is 0 Å². The SMILES string of the molecule is CCc1cc(C(=O)NCC(CC)(CC)N(C)C)no1. The van der Waals surface area contributed by atoms with Crippen LogP contribution in [0.5, 0.6) is 0 Å². The first-order valence-electron chi connectivity index (χ1n) is 6.90. The van der Waals surface area contributed by atoms with Gasteiger partial charge in [-0.25, -0.2) is 0 Å². The van der Waals surface area contributed by atoms with Crippen molar-refractivity contribution in [2.75, 3.05) is 20.6 Å². The molecule has 5 nitrogen and oxygen atoms in total. The second-order valence-electron chi connectivity index (χ2n) is 5.04. The lowest BCUT2D eigenvalue weighted by Gasteiger charge is -2.38. The molecule has 0 aliphatic heterocycles. The van der Waals surface area contributed by atoms with Crippen LogP contribution in [0.4, 0.5) is 0 Å². The van der Waals surface area contributed by atoms with Crippen LogP contribution in [0.3, 0.4) is 0 Å². The van der Waals surface area contributed by atoms with Gasteiger partial charge in [-0.1, -0.05) is 25.9 Å². The van der Waals surface area contributed by atoms with Gasteiger partial charge < -0.3 is 14.7 Å². The number of hydrogen-bond acceptors (Lipinski definition) is 4. The molecular weight excluding hydrogens is 242 g/mol. The third-order valence-corrected chi connectivity index (χ3v) is 3.98. The van der Waals surface area contributed by atoms with Crippen molar-refractivity contribution in [1.82, 2.24) is 15.4 Å². The first-order chi connectivity index (χ1) is 8.99. The van der Waals surface area contributed by atoms with Crippen LogP contribution >= 0.6 is 0 Å². The number of carbonyl (C=O) groups is 1. The number of aryl methyl sites for hydroxylation is 1. The molecule has 0 spiro atoms. The summed E-state index contributed by atoms with van der Waals surface area (Å²) < 4.78 is 5.05. The summed E-state index contributed by atoms with van der Waals surface area (Å²) in [6.07, 6.45) is 2.71. The van der Waals surface area contributed by atoms with E-state index < -0.39 is 0 Å². The summed E-state index contributed by atoms with van der Waals surface area (Å²) in [6.45, 7) is 6.86. The summed E-state index contributed by atoms with van der Waals surface area (Å²) >= 11 is 0. The summed E-state index contributed by atoms with van der Waals surface area (Å²) in [5.74, 6) is 0.562. The van der Waals surface area contributed by atoms with Crippen molar-refractivity contribution in [3.8, 4) is 0 Å². The van der Waals surface area contributed by atoms with E-state index >= 15 is 0 Å². The van der Waals surface area contributed by atoms with Crippen LogP contribution in [0.1, 0.15) is 49.9 Å². The number of amides is 1. The highest BCUT2D eigenvalue weighted by Gasteiger charge is 2.29. The number of aromatic nitrogens is 1. The highest BCUT2D eigenvalue weighted by Crippen LogP contribution is 2.20. The minimum absolute atomic E-state index is 0.00696. The molecule has 0 aliphatic carbocycles. The molecule has 1 aromatic rings. The van der Waals surface area contributed by atoms with Gasteiger partial charge in [-0.3, -0.25) is 4.79 Å². The maximum atomic E-state index is 12.0. The van der Waals surface area contributed by atoms with E-state index in [0.29, 0.717) is 12.2 Å². The van der Waals surface area contributed by atoms with Crippen LogP contribution in [0.15, 0.2) is 10.6 Å². The van der Waals surface area contributed by atoms with Crippen molar-refractivity contribution in [3.63, 3.8) is 0 Å². The van der Waals surface area contributed by atoms with Crippen LogP contribution < -0.4 is 5.32 Å². The number of nitrogens with zero attached hydrogens (tertiary/aromatic N) is 2. The predicted molar refractivity (Wildman–Crippen MR) is 75.2 cm³/mol. The lowest BCUT2D eigenvalue weighted by Crippen LogP contribution is -2.52. The normalized spacial score (nSPS) is 11.9. The van der Waals surface area contributed by atoms with Gasteiger partial charge in [0.2, 0.25) is 0 Å². The maximum Gasteiger partial charge on any atom is 0.273 e. The summed E-state index contributed by atoms with van der Waals surface area (Å²) in [6, 6.07) is 1.70. The topological polar surface area (TPSA) is 58.4 Å². The van der Waals surface area contributed by atoms with Gasteiger partial charge in [0.1, 0.15) is 5.76 Å². The molecule has 1 heterocycles. The lowest BCUT2D eigenvalue weighted by molar-refractivity contribution is 0.0874. The largest absolute Gasteiger partial charge is 0.361 e. The minimum atomic E-state index is -0.170. The van der Waals surface area contributed by atoms with Crippen LogP contribution in [-0.4, -0.2) is 42.1 Å². The molecule has 1 aromatic heterocycles. The second-order valence-corrected chi connectivity index (χ2v) is 5.04. The molecule has 0 saturated heterocycles. The van der Waals surface area contributed by atoms with E-state index in [1.54, 1.807) is 6.07 Å². The average molecular weight is 267 g/mol. The second kappa shape index (κ2) is 6.70. The molecule has 0 atom stereocenters. The first-order valence-corrected chi connectivity index (χ1v) is 6.90. The van der Waals surface area contributed by atoms with Crippen molar-refractivity contribution in [3.05, 3.63) is 17.5 Å². The van der Waals surface area contributed by atoms with Gasteiger partial charge >= 0.3 is 0 Å². The summed E-state index contributed by atoms with van der Waals surface area (Å²) in [7, 11) is 4.09. The van der Waals surface area contributed by atoms with Gasteiger partial charge in [-0.15, -0.1) is 0 Å². The van der Waals surface area contributed by atoms with E-state index in [9.17, 15) is 4.79 Å². The molecular formula is C14H25N3O2. The molecule has 1 amide bonds. The Labute approximate surface area is 115 Å². The molecule has 0 aromatic carbocycles. The Hall–Kier alpha value is -1.36. The van der Waals surface area contributed by atoms with E-state index in [4.69, 9.17) is 4.52 Å². The zero-order valence-electron chi connectivity index (χ0n) is 12.6. The Kier molecular flexibility index (Phi) is 5.54. The Morgan fingerprint density at radius 2 is 2.00 bits per heavy atom. The molecule has 0 unspecified atom stereocenters. The molecule has 0 fully saturated rings. The quantitative estimate of drug-likeness (QED) is 0.822. The zero-order chi connectivity index (χ0) is 14.5. The zero-order valence-corrected chi connectivity index (χ0v) is 12.6. The molecule has 108 valence electrons. The predicted octanol–water partition coefficient (Wildman–Crippen LogP) is 2.09. The summed E-state index contributed by atoms with van der Waals surface area (Å²) in [5.41, 5.74) is 0.351. The smallest absolute Gasteiger partial charge is 0.273 e. The number of nitrogens with one attached hydrogen (secondary N) is 1. The van der Waals surface area contributed by atoms with E-state index in [1.165, 1.54) is 0 Å². The average Bonchev–Trinajstić information content (AvgIpc) is 2.88. The Morgan fingerprint density at radius 3 is 2.42 bits per heavy atom. The Bertz CT molecular complexity index is 409. The van der Waals surface area contributed by atoms with Crippen molar-refractivity contribution in [2.24, 2.45) is 0 Å². The third-order valence-electron chi connectivity index (χ3n) is 3.98. The molecule has 0 saturated carbocycles. The van der Waals surface area contributed by atoms with Gasteiger partial charge in [-0.05, 0) is 26.9 Å². The summed E-state index contributed by atoms with van der Waals surface area (Å²) in [4.78, 5) is 14.2. The number of carbonyl (C=O) groups excluding carboxylic acids is 1. The molecule has 0 aliphatic rings. The maximum absolute atomic E-state index is 12.0. The fourth-order valence-corrected chi connectivity index (χ4v) is 2.21. The third kappa shape index (κ3) is 3.56. The minimum Gasteiger partial charge on any atom is -0.361 e. The van der Waals surface area contributed by atoms with Crippen LogP contribution in [0.2, 0.25) is 0 Å². The standard InChI is InChI=1S/C14H25N3O2/c1-6-11-9-12(16-19-11)13(18)15-10-14(7-2,8-3)17(4)5/h9H,6-8,10H2,1-5H3,(H,15,18). The van der Waals surface area contributed by atoms with Gasteiger partial charge in [0, 0.05) is 24.6 Å². The van der Waals surface area contributed by atoms with Crippen molar-refractivity contribution < 1.29 is 9.32 Å². The highest BCUT2D eigenvalue weighted by molar-refractivity contribution is 5.92. The van der Waals surface area contributed by atoms with Crippen LogP contribution in [0.25, 0.3) is 0 Å². The number of hydrogen-bond donors (Lipinski definition) is 1. The van der Waals surface area contributed by atoms with Crippen LogP contribution in [0, 0.1) is 0 Å². The first kappa shape index (κ1) is 15.7. The van der Waals surface area contributed by atoms with Gasteiger partial charge in [0.05, 0.1) is 0 Å². The number of rotatable bonds is 7. The fourth-order valence-electron chi connectivity index (χ4n) is 2.21. The lowest BCUT2D eigenvalue weighted by atomic mass is 9.91. The monoisotopic (exact) mass is 267 g/mol. The van der Waals surface area contributed by atoms with Crippen molar-refractivity contribution in [2.45, 2.75) is 45.6 Å². The molecule has 5 heteroatoms. The Balaban J connectivity index is 2.66. The molecule has 1 N–H and O–H groups in total. The van der Waals surface area contributed by atoms with Crippen molar-refractivity contribution in [1.29, 1.82) is 0 Å². The molecule has 0 bridgehead atoms. The molecule has 19 heavy (non-hydrogen) atoms. The Morgan fingerprint density at radius 1 is 1.37 bits per heavy atom. The van der Waals surface area contributed by atoms with E-state index in [-0.39, 0.29) is 11.4 Å². The van der Waals surface area contributed by atoms with Crippen molar-refractivity contribution >= 4 is 5.91 Å². The highest BCUT2D eigenvalue weighted by atomic mass is 16.5. The fraction of sp³-hybridized carbons (Fsp3) is 0.714. The van der Waals surface area contributed by atoms with Gasteiger partial charge in [0.15, 0.2) is 5.69 Å². The molecule has 0 radical (unpaired) electrons. The van der Waals surface area contributed by atoms with Crippen LogP contribution in [-0.2, 0) is 6.42 Å². The molecule has 1 rings (SSSR count). The summed E-state index contributed by atoms with van der Waals surface area (Å²) in [5, 5.41) is 6.74. The van der Waals surface area contributed by atoms with E-state index in [1.807, 2.05) is 21.0 Å². The number of likely N-dealkylation sites (N-methyl/N-ethyl adjacent to an activating group) is 1. The van der Waals surface area contributed by atoms with E-state index in [0.717, 1.165) is 25.0 Å².